The Morgan fingerprint density at radius 2 is 2.04 bits per heavy atom. The molecule has 0 aliphatic rings. The summed E-state index contributed by atoms with van der Waals surface area (Å²) in [7, 11) is 0. The van der Waals surface area contributed by atoms with E-state index < -0.39 is 0 Å². The summed E-state index contributed by atoms with van der Waals surface area (Å²) >= 11 is 3.08. The molecule has 0 unspecified atom stereocenters. The molecule has 3 rings (SSSR count). The molecule has 0 radical (unpaired) electrons. The summed E-state index contributed by atoms with van der Waals surface area (Å²) in [6.07, 6.45) is 1.91. The predicted octanol–water partition coefficient (Wildman–Crippen LogP) is 3.87. The molecular formula is C19H22N4OS2. The van der Waals surface area contributed by atoms with Crippen molar-refractivity contribution in [2.24, 2.45) is 0 Å². The molecule has 1 N–H and O–H groups in total. The van der Waals surface area contributed by atoms with E-state index in [0.29, 0.717) is 12.3 Å². The fourth-order valence-corrected chi connectivity index (χ4v) is 4.16. The van der Waals surface area contributed by atoms with E-state index in [1.54, 1.807) is 11.3 Å². The molecule has 136 valence electrons. The van der Waals surface area contributed by atoms with E-state index in [0.717, 1.165) is 35.2 Å². The Hall–Kier alpha value is -2.12. The van der Waals surface area contributed by atoms with Gasteiger partial charge in [-0.1, -0.05) is 48.2 Å². The van der Waals surface area contributed by atoms with E-state index in [4.69, 9.17) is 0 Å². The van der Waals surface area contributed by atoms with Crippen LogP contribution in [0, 0.1) is 0 Å². The maximum atomic E-state index is 12.1. The third-order valence-corrected chi connectivity index (χ3v) is 5.75. The smallest absolute Gasteiger partial charge is 0.230 e. The maximum Gasteiger partial charge on any atom is 0.230 e. The Kier molecular flexibility index (Phi) is 6.85. The summed E-state index contributed by atoms with van der Waals surface area (Å²) in [5.74, 6) is 1.26. The van der Waals surface area contributed by atoms with Gasteiger partial charge in [-0.15, -0.1) is 21.5 Å². The van der Waals surface area contributed by atoms with Crippen molar-refractivity contribution in [2.45, 2.75) is 31.5 Å². The number of carbonyl (C=O) groups excluding carboxylic acids is 1. The second-order valence-corrected chi connectivity index (χ2v) is 7.65. The number of thioether (sulfide) groups is 1. The Bertz CT molecular complexity index is 815. The molecule has 0 atom stereocenters. The molecule has 3 aromatic rings. The largest absolute Gasteiger partial charge is 0.355 e. The molecule has 5 nitrogen and oxygen atoms in total. The van der Waals surface area contributed by atoms with Gasteiger partial charge in [0.05, 0.1) is 10.6 Å². The molecule has 0 bridgehead atoms. The number of rotatable bonds is 9. The van der Waals surface area contributed by atoms with Crippen molar-refractivity contribution in [3.63, 3.8) is 0 Å². The van der Waals surface area contributed by atoms with Gasteiger partial charge in [-0.2, -0.15) is 0 Å². The number of aromatic nitrogens is 3. The Balaban J connectivity index is 1.44. The van der Waals surface area contributed by atoms with Crippen molar-refractivity contribution in [3.8, 4) is 10.7 Å². The zero-order chi connectivity index (χ0) is 18.2. The number of aryl methyl sites for hydroxylation is 1. The van der Waals surface area contributed by atoms with Crippen LogP contribution in [0.2, 0.25) is 0 Å². The van der Waals surface area contributed by atoms with Crippen molar-refractivity contribution in [1.82, 2.24) is 20.1 Å². The van der Waals surface area contributed by atoms with E-state index in [1.807, 2.05) is 35.7 Å². The average Bonchev–Trinajstić information content (AvgIpc) is 3.33. The number of benzene rings is 1. The van der Waals surface area contributed by atoms with Crippen LogP contribution in [0.5, 0.6) is 0 Å². The number of hydrogen-bond acceptors (Lipinski definition) is 5. The maximum absolute atomic E-state index is 12.1. The van der Waals surface area contributed by atoms with Gasteiger partial charge >= 0.3 is 0 Å². The van der Waals surface area contributed by atoms with Gasteiger partial charge < -0.3 is 9.88 Å². The van der Waals surface area contributed by atoms with E-state index >= 15 is 0 Å². The van der Waals surface area contributed by atoms with Crippen molar-refractivity contribution in [1.29, 1.82) is 0 Å². The SMILES string of the molecule is CCn1c(SCC(=O)NCCCc2ccccc2)nnc1-c1cccs1. The first kappa shape index (κ1) is 18.7. The fourth-order valence-electron chi connectivity index (χ4n) is 2.61. The lowest BCUT2D eigenvalue weighted by Gasteiger charge is -2.07. The zero-order valence-corrected chi connectivity index (χ0v) is 16.4. The normalized spacial score (nSPS) is 10.8. The first-order valence-corrected chi connectivity index (χ1v) is 10.5. The summed E-state index contributed by atoms with van der Waals surface area (Å²) in [4.78, 5) is 13.2. The van der Waals surface area contributed by atoms with Crippen LogP contribution in [0.15, 0.2) is 53.0 Å². The van der Waals surface area contributed by atoms with Gasteiger partial charge in [0, 0.05) is 13.1 Å². The van der Waals surface area contributed by atoms with Crippen LogP contribution in [0.1, 0.15) is 18.9 Å². The third-order valence-electron chi connectivity index (χ3n) is 3.91. The van der Waals surface area contributed by atoms with Gasteiger partial charge in [0.2, 0.25) is 5.91 Å². The van der Waals surface area contributed by atoms with Gasteiger partial charge in [-0.05, 0) is 36.8 Å². The molecule has 0 aliphatic carbocycles. The summed E-state index contributed by atoms with van der Waals surface area (Å²) < 4.78 is 2.05. The first-order valence-electron chi connectivity index (χ1n) is 8.68. The Morgan fingerprint density at radius 1 is 1.19 bits per heavy atom. The van der Waals surface area contributed by atoms with Gasteiger partial charge in [0.1, 0.15) is 0 Å². The van der Waals surface area contributed by atoms with E-state index in [2.05, 4.69) is 39.1 Å². The second kappa shape index (κ2) is 9.54. The van der Waals surface area contributed by atoms with Crippen molar-refractivity contribution in [2.75, 3.05) is 12.3 Å². The number of nitrogens with one attached hydrogen (secondary N) is 1. The van der Waals surface area contributed by atoms with Crippen LogP contribution in [0.3, 0.4) is 0 Å². The minimum absolute atomic E-state index is 0.0337. The van der Waals surface area contributed by atoms with Crippen molar-refractivity contribution in [3.05, 3.63) is 53.4 Å². The Labute approximate surface area is 161 Å². The van der Waals surface area contributed by atoms with Crippen LogP contribution in [-0.2, 0) is 17.8 Å². The molecule has 2 aromatic heterocycles. The van der Waals surface area contributed by atoms with E-state index in [1.165, 1.54) is 17.3 Å². The van der Waals surface area contributed by atoms with Crippen LogP contribution < -0.4 is 5.32 Å². The molecule has 2 heterocycles. The van der Waals surface area contributed by atoms with E-state index in [9.17, 15) is 4.79 Å². The highest BCUT2D eigenvalue weighted by molar-refractivity contribution is 7.99. The number of thiophene rings is 1. The summed E-state index contributed by atoms with van der Waals surface area (Å²) in [6.45, 7) is 3.53. The lowest BCUT2D eigenvalue weighted by atomic mass is 10.1. The van der Waals surface area contributed by atoms with Crippen LogP contribution in [0.4, 0.5) is 0 Å². The minimum atomic E-state index is 0.0337. The monoisotopic (exact) mass is 386 g/mol. The molecule has 7 heteroatoms. The molecule has 26 heavy (non-hydrogen) atoms. The Morgan fingerprint density at radius 3 is 2.77 bits per heavy atom. The molecule has 1 amide bonds. The molecule has 0 saturated carbocycles. The summed E-state index contributed by atoms with van der Waals surface area (Å²) in [5.41, 5.74) is 1.30. The van der Waals surface area contributed by atoms with Crippen LogP contribution >= 0.6 is 23.1 Å². The zero-order valence-electron chi connectivity index (χ0n) is 14.7. The molecule has 0 aliphatic heterocycles. The quantitative estimate of drug-likeness (QED) is 0.448. The number of amides is 1. The highest BCUT2D eigenvalue weighted by Gasteiger charge is 2.14. The van der Waals surface area contributed by atoms with E-state index in [-0.39, 0.29) is 5.91 Å². The summed E-state index contributed by atoms with van der Waals surface area (Å²) in [5, 5.41) is 14.3. The third kappa shape index (κ3) is 4.95. The molecule has 0 spiro atoms. The standard InChI is InChI=1S/C19H22N4OS2/c1-2-23-18(16-11-7-13-25-16)21-22-19(23)26-14-17(24)20-12-6-10-15-8-4-3-5-9-15/h3-5,7-9,11,13H,2,6,10,12,14H2,1H3,(H,20,24). The number of nitrogens with zero attached hydrogens (tertiary/aromatic N) is 3. The molecule has 0 fully saturated rings. The van der Waals surface area contributed by atoms with Gasteiger partial charge in [-0.25, -0.2) is 0 Å². The lowest BCUT2D eigenvalue weighted by Crippen LogP contribution is -2.26. The van der Waals surface area contributed by atoms with Crippen LogP contribution in [0.25, 0.3) is 10.7 Å². The fraction of sp³-hybridized carbons (Fsp3) is 0.316. The number of carbonyl (C=O) groups is 1. The van der Waals surface area contributed by atoms with Crippen molar-refractivity contribution >= 4 is 29.0 Å². The summed E-state index contributed by atoms with van der Waals surface area (Å²) in [6, 6.07) is 14.4. The molecule has 0 saturated heterocycles. The lowest BCUT2D eigenvalue weighted by molar-refractivity contribution is -0.118. The minimum Gasteiger partial charge on any atom is -0.355 e. The molecular weight excluding hydrogens is 364 g/mol. The van der Waals surface area contributed by atoms with Crippen LogP contribution in [-0.4, -0.2) is 33.0 Å². The first-order chi connectivity index (χ1) is 12.8. The second-order valence-electron chi connectivity index (χ2n) is 5.76. The topological polar surface area (TPSA) is 59.8 Å². The highest BCUT2D eigenvalue weighted by atomic mass is 32.2. The predicted molar refractivity (Wildman–Crippen MR) is 108 cm³/mol. The van der Waals surface area contributed by atoms with Crippen molar-refractivity contribution < 1.29 is 4.79 Å². The van der Waals surface area contributed by atoms with Gasteiger partial charge in [0.15, 0.2) is 11.0 Å². The molecule has 1 aromatic carbocycles. The average molecular weight is 387 g/mol. The highest BCUT2D eigenvalue weighted by Crippen LogP contribution is 2.26. The van der Waals surface area contributed by atoms with Gasteiger partial charge in [0.25, 0.3) is 0 Å². The van der Waals surface area contributed by atoms with Gasteiger partial charge in [-0.3, -0.25) is 4.79 Å². The number of hydrogen-bond donors (Lipinski definition) is 1.